The van der Waals surface area contributed by atoms with Crippen LogP contribution < -0.4 is 10.0 Å². The van der Waals surface area contributed by atoms with E-state index in [4.69, 9.17) is 12.2 Å². The summed E-state index contributed by atoms with van der Waals surface area (Å²) in [6.45, 7) is 0. The fraction of sp³-hybridized carbons (Fsp3) is 0. The number of carboxylic acids is 1. The predicted molar refractivity (Wildman–Crippen MR) is 90.7 cm³/mol. The molecule has 0 spiro atoms. The third-order valence-electron chi connectivity index (χ3n) is 3.12. The van der Waals surface area contributed by atoms with E-state index in [2.05, 4.69) is 4.98 Å². The molecule has 1 saturated heterocycles. The van der Waals surface area contributed by atoms with Crippen molar-refractivity contribution in [2.24, 2.45) is 0 Å². The number of carboxylic acid groups (broad SMARTS) is 1. The molecule has 1 aromatic heterocycles. The number of hydrogen-bond donors (Lipinski definition) is 0. The molecule has 5 nitrogen and oxygen atoms in total. The monoisotopic (exact) mass is 341 g/mol. The molecule has 0 radical (unpaired) electrons. The summed E-state index contributed by atoms with van der Waals surface area (Å²) >= 11 is 6.41. The number of amides is 1. The third-order valence-corrected chi connectivity index (χ3v) is 4.42. The Morgan fingerprint density at radius 2 is 2.13 bits per heavy atom. The van der Waals surface area contributed by atoms with Gasteiger partial charge in [-0.1, -0.05) is 42.2 Å². The van der Waals surface area contributed by atoms with Crippen molar-refractivity contribution in [1.29, 1.82) is 0 Å². The molecular weight excluding hydrogens is 332 g/mol. The Labute approximate surface area is 141 Å². The molecule has 0 bridgehead atoms. The van der Waals surface area contributed by atoms with Gasteiger partial charge in [0.15, 0.2) is 4.32 Å². The second-order valence-corrected chi connectivity index (χ2v) is 6.32. The summed E-state index contributed by atoms with van der Waals surface area (Å²) in [5.41, 5.74) is 1.19. The van der Waals surface area contributed by atoms with Gasteiger partial charge in [0.05, 0.1) is 16.6 Å². The van der Waals surface area contributed by atoms with E-state index < -0.39 is 5.97 Å². The lowest BCUT2D eigenvalue weighted by Crippen LogP contribution is -2.28. The molecule has 0 aliphatic carbocycles. The molecule has 1 fully saturated rings. The highest BCUT2D eigenvalue weighted by atomic mass is 32.2. The Morgan fingerprint density at radius 1 is 1.30 bits per heavy atom. The molecule has 1 aromatic carbocycles. The highest BCUT2D eigenvalue weighted by Crippen LogP contribution is 2.36. The van der Waals surface area contributed by atoms with Gasteiger partial charge in [0, 0.05) is 12.4 Å². The van der Waals surface area contributed by atoms with E-state index >= 15 is 0 Å². The normalized spacial score (nSPS) is 16.2. The van der Waals surface area contributed by atoms with Gasteiger partial charge in [-0.2, -0.15) is 0 Å². The van der Waals surface area contributed by atoms with Crippen LogP contribution in [0, 0.1) is 0 Å². The summed E-state index contributed by atoms with van der Waals surface area (Å²) in [7, 11) is 0. The zero-order valence-electron chi connectivity index (χ0n) is 11.6. The number of rotatable bonds is 3. The van der Waals surface area contributed by atoms with Crippen LogP contribution in [0.5, 0.6) is 0 Å². The molecule has 3 rings (SSSR count). The number of aromatic carboxylic acids is 1. The van der Waals surface area contributed by atoms with E-state index in [1.54, 1.807) is 36.7 Å². The molecule has 23 heavy (non-hydrogen) atoms. The summed E-state index contributed by atoms with van der Waals surface area (Å²) in [6, 6.07) is 9.55. The van der Waals surface area contributed by atoms with E-state index in [-0.39, 0.29) is 11.5 Å². The molecule has 114 valence electrons. The molecule has 2 heterocycles. The third kappa shape index (κ3) is 3.15. The Balaban J connectivity index is 1.95. The van der Waals surface area contributed by atoms with Crippen molar-refractivity contribution in [2.45, 2.75) is 0 Å². The summed E-state index contributed by atoms with van der Waals surface area (Å²) in [5.74, 6) is -1.59. The van der Waals surface area contributed by atoms with Gasteiger partial charge < -0.3 is 9.90 Å². The van der Waals surface area contributed by atoms with Crippen molar-refractivity contribution in [3.63, 3.8) is 0 Å². The van der Waals surface area contributed by atoms with E-state index in [1.807, 2.05) is 6.07 Å². The van der Waals surface area contributed by atoms with Crippen LogP contribution in [-0.4, -0.2) is 21.2 Å². The number of nitrogens with zero attached hydrogens (tertiary/aromatic N) is 2. The first-order valence-electron chi connectivity index (χ1n) is 6.55. The number of thioether (sulfide) groups is 1. The summed E-state index contributed by atoms with van der Waals surface area (Å²) in [6.07, 6.45) is 4.99. The highest BCUT2D eigenvalue weighted by Gasteiger charge is 2.33. The summed E-state index contributed by atoms with van der Waals surface area (Å²) in [5, 5.41) is 11.0. The summed E-state index contributed by atoms with van der Waals surface area (Å²) in [4.78, 5) is 29.3. The first kappa shape index (κ1) is 15.4. The van der Waals surface area contributed by atoms with Crippen LogP contribution in [0.25, 0.3) is 6.08 Å². The Hall–Kier alpha value is -2.51. The zero-order valence-corrected chi connectivity index (χ0v) is 13.3. The van der Waals surface area contributed by atoms with Crippen LogP contribution in [-0.2, 0) is 4.79 Å². The minimum atomic E-state index is -1.30. The fourth-order valence-electron chi connectivity index (χ4n) is 2.08. The lowest BCUT2D eigenvalue weighted by molar-refractivity contribution is -0.255. The Morgan fingerprint density at radius 3 is 2.83 bits per heavy atom. The number of thiocarbonyl (C=S) groups is 1. The Bertz CT molecular complexity index is 834. The van der Waals surface area contributed by atoms with Crippen molar-refractivity contribution >= 4 is 51.9 Å². The minimum absolute atomic E-state index is 0.00668. The smallest absolute Gasteiger partial charge is 0.270 e. The lowest BCUT2D eigenvalue weighted by Gasteiger charge is -2.15. The lowest BCUT2D eigenvalue weighted by atomic mass is 10.2. The second kappa shape index (κ2) is 6.31. The van der Waals surface area contributed by atoms with E-state index in [0.717, 1.165) is 17.3 Å². The van der Waals surface area contributed by atoms with Gasteiger partial charge in [0.2, 0.25) is 0 Å². The molecule has 1 aliphatic rings. The van der Waals surface area contributed by atoms with Gasteiger partial charge >= 0.3 is 0 Å². The average molecular weight is 341 g/mol. The summed E-state index contributed by atoms with van der Waals surface area (Å²) < 4.78 is 0.348. The van der Waals surface area contributed by atoms with E-state index in [9.17, 15) is 14.7 Å². The van der Waals surface area contributed by atoms with Crippen LogP contribution in [0.3, 0.4) is 0 Å². The van der Waals surface area contributed by atoms with Crippen LogP contribution in [0.2, 0.25) is 0 Å². The first-order chi connectivity index (χ1) is 11.1. The number of benzene rings is 1. The zero-order chi connectivity index (χ0) is 16.4. The maximum absolute atomic E-state index is 12.6. The SMILES string of the molecule is O=C([O-])c1cccc(N2C(=O)C(=Cc3cccnc3)SC2=S)c1. The Kier molecular flexibility index (Phi) is 4.22. The van der Waals surface area contributed by atoms with Crippen LogP contribution in [0.4, 0.5) is 5.69 Å². The van der Waals surface area contributed by atoms with Crippen LogP contribution in [0.15, 0.2) is 53.7 Å². The van der Waals surface area contributed by atoms with E-state index in [0.29, 0.717) is 14.9 Å². The first-order valence-corrected chi connectivity index (χ1v) is 7.78. The molecule has 0 N–H and O–H groups in total. The van der Waals surface area contributed by atoms with Crippen molar-refractivity contribution in [3.8, 4) is 0 Å². The molecule has 1 amide bonds. The van der Waals surface area contributed by atoms with Crippen molar-refractivity contribution in [3.05, 3.63) is 64.8 Å². The maximum atomic E-state index is 12.6. The minimum Gasteiger partial charge on any atom is -0.545 e. The van der Waals surface area contributed by atoms with E-state index in [1.165, 1.54) is 17.0 Å². The molecule has 1 aliphatic heterocycles. The number of carbonyl (C=O) groups excluding carboxylic acids is 2. The largest absolute Gasteiger partial charge is 0.545 e. The second-order valence-electron chi connectivity index (χ2n) is 4.64. The van der Waals surface area contributed by atoms with Crippen molar-refractivity contribution in [2.75, 3.05) is 4.90 Å². The van der Waals surface area contributed by atoms with Crippen molar-refractivity contribution in [1.82, 2.24) is 4.98 Å². The van der Waals surface area contributed by atoms with Gasteiger partial charge in [-0.25, -0.2) is 0 Å². The molecule has 0 atom stereocenters. The maximum Gasteiger partial charge on any atom is 0.270 e. The number of hydrogen-bond acceptors (Lipinski definition) is 6. The highest BCUT2D eigenvalue weighted by molar-refractivity contribution is 8.27. The van der Waals surface area contributed by atoms with Crippen LogP contribution in [0.1, 0.15) is 15.9 Å². The average Bonchev–Trinajstić information content (AvgIpc) is 2.82. The van der Waals surface area contributed by atoms with Gasteiger partial charge in [0.25, 0.3) is 5.91 Å². The van der Waals surface area contributed by atoms with Gasteiger partial charge in [0.1, 0.15) is 0 Å². The molecular formula is C16H9N2O3S2-. The number of pyridine rings is 1. The van der Waals surface area contributed by atoms with Crippen molar-refractivity contribution < 1.29 is 14.7 Å². The quantitative estimate of drug-likeness (QED) is 0.627. The number of anilines is 1. The molecule has 2 aromatic rings. The molecule has 0 saturated carbocycles. The molecule has 0 unspecified atom stereocenters. The number of carbonyl (C=O) groups is 2. The number of aromatic nitrogens is 1. The predicted octanol–water partition coefficient (Wildman–Crippen LogP) is 1.85. The standard InChI is InChI=1S/C16H10N2O3S2/c19-14-13(7-10-3-2-6-17-9-10)23-16(22)18(14)12-5-1-4-11(8-12)15(20)21/h1-9H,(H,20,21)/p-1. The van der Waals surface area contributed by atoms with Crippen LogP contribution >= 0.6 is 24.0 Å². The molecule has 7 heteroatoms. The van der Waals surface area contributed by atoms with Gasteiger partial charge in [-0.15, -0.1) is 0 Å². The fourth-order valence-corrected chi connectivity index (χ4v) is 3.37. The van der Waals surface area contributed by atoms with Gasteiger partial charge in [-0.3, -0.25) is 14.7 Å². The topological polar surface area (TPSA) is 73.3 Å². The van der Waals surface area contributed by atoms with Gasteiger partial charge in [-0.05, 0) is 35.4 Å².